The highest BCUT2D eigenvalue weighted by molar-refractivity contribution is 7.88. The molecule has 1 aromatic carbocycles. The minimum absolute atomic E-state index is 0. The van der Waals surface area contributed by atoms with Crippen molar-refractivity contribution in [3.8, 4) is 0 Å². The van der Waals surface area contributed by atoms with Crippen molar-refractivity contribution in [2.75, 3.05) is 31.2 Å². The number of carbonyl (C=O) groups is 1. The van der Waals surface area contributed by atoms with Gasteiger partial charge in [0.1, 0.15) is 0 Å². The number of fused-ring (bicyclic) bond motifs is 1. The van der Waals surface area contributed by atoms with Crippen LogP contribution in [0.1, 0.15) is 35.2 Å². The molecule has 0 aromatic heterocycles. The first-order valence-electron chi connectivity index (χ1n) is 8.07. The first kappa shape index (κ1) is 19.0. The molecule has 1 aromatic rings. The van der Waals surface area contributed by atoms with Gasteiger partial charge in [0.15, 0.2) is 0 Å². The lowest BCUT2D eigenvalue weighted by Crippen LogP contribution is -2.46. The number of hydrogen-bond donors (Lipinski definition) is 2. The highest BCUT2D eigenvalue weighted by Crippen LogP contribution is 2.25. The first-order chi connectivity index (χ1) is 10.9. The van der Waals surface area contributed by atoms with Crippen molar-refractivity contribution in [2.24, 2.45) is 0 Å². The summed E-state index contributed by atoms with van der Waals surface area (Å²) in [6.07, 6.45) is 4.50. The molecule has 0 unspecified atom stereocenters. The van der Waals surface area contributed by atoms with Crippen LogP contribution >= 0.6 is 12.4 Å². The number of nitrogens with one attached hydrogen (secondary N) is 2. The third-order valence-corrected chi connectivity index (χ3v) is 5.90. The molecule has 2 aliphatic heterocycles. The number of nitrogens with zero attached hydrogens (tertiary/aromatic N) is 1. The van der Waals surface area contributed by atoms with Crippen LogP contribution in [0.15, 0.2) is 18.2 Å². The van der Waals surface area contributed by atoms with Gasteiger partial charge in [-0.25, -0.2) is 12.7 Å². The maximum Gasteiger partial charge on any atom is 0.251 e. The molecule has 1 saturated heterocycles. The molecule has 2 aliphatic rings. The molecule has 24 heavy (non-hydrogen) atoms. The van der Waals surface area contributed by atoms with Gasteiger partial charge in [-0.1, -0.05) is 6.07 Å². The summed E-state index contributed by atoms with van der Waals surface area (Å²) in [5, 5.41) is 6.40. The Hall–Kier alpha value is -1.31. The quantitative estimate of drug-likeness (QED) is 0.843. The molecule has 0 radical (unpaired) electrons. The second-order valence-electron chi connectivity index (χ2n) is 6.27. The van der Waals surface area contributed by atoms with Crippen molar-refractivity contribution in [3.63, 3.8) is 0 Å². The molecule has 0 atom stereocenters. The number of sulfonamides is 1. The van der Waals surface area contributed by atoms with Crippen LogP contribution in [0.25, 0.3) is 0 Å². The highest BCUT2D eigenvalue weighted by Gasteiger charge is 2.26. The van der Waals surface area contributed by atoms with E-state index in [0.717, 1.165) is 36.2 Å². The second-order valence-corrected chi connectivity index (χ2v) is 8.25. The molecule has 134 valence electrons. The van der Waals surface area contributed by atoms with Crippen molar-refractivity contribution in [1.29, 1.82) is 0 Å². The smallest absolute Gasteiger partial charge is 0.251 e. The number of halogens is 1. The number of rotatable bonds is 3. The van der Waals surface area contributed by atoms with E-state index in [1.165, 1.54) is 10.6 Å². The summed E-state index contributed by atoms with van der Waals surface area (Å²) in [5.74, 6) is -0.0524. The van der Waals surface area contributed by atoms with E-state index in [1.807, 2.05) is 18.2 Å². The van der Waals surface area contributed by atoms with Gasteiger partial charge in [-0.3, -0.25) is 4.79 Å². The van der Waals surface area contributed by atoms with E-state index < -0.39 is 10.0 Å². The molecule has 2 heterocycles. The molecule has 8 heteroatoms. The molecule has 0 bridgehead atoms. The largest absolute Gasteiger partial charge is 0.385 e. The Labute approximate surface area is 149 Å². The molecule has 1 amide bonds. The lowest BCUT2D eigenvalue weighted by atomic mass is 9.96. The number of hydrogen-bond acceptors (Lipinski definition) is 4. The average molecular weight is 374 g/mol. The van der Waals surface area contributed by atoms with Gasteiger partial charge < -0.3 is 10.6 Å². The minimum atomic E-state index is -3.13. The Morgan fingerprint density at radius 3 is 2.67 bits per heavy atom. The molecule has 2 N–H and O–H groups in total. The predicted octanol–water partition coefficient (Wildman–Crippen LogP) is 1.62. The first-order valence-corrected chi connectivity index (χ1v) is 9.92. The predicted molar refractivity (Wildman–Crippen MR) is 97.4 cm³/mol. The molecule has 1 fully saturated rings. The number of carbonyl (C=O) groups excluding carboxylic acids is 1. The minimum Gasteiger partial charge on any atom is -0.385 e. The Morgan fingerprint density at radius 1 is 1.29 bits per heavy atom. The van der Waals surface area contributed by atoms with Gasteiger partial charge in [-0.15, -0.1) is 12.4 Å². The molecule has 0 saturated carbocycles. The van der Waals surface area contributed by atoms with Crippen LogP contribution in [0.2, 0.25) is 0 Å². The van der Waals surface area contributed by atoms with Crippen LogP contribution in [0, 0.1) is 0 Å². The summed E-state index contributed by atoms with van der Waals surface area (Å²) in [7, 11) is -3.13. The average Bonchev–Trinajstić information content (AvgIpc) is 2.54. The third kappa shape index (κ3) is 4.20. The fourth-order valence-electron chi connectivity index (χ4n) is 3.32. The zero-order valence-corrected chi connectivity index (χ0v) is 15.4. The van der Waals surface area contributed by atoms with Crippen molar-refractivity contribution in [1.82, 2.24) is 9.62 Å². The van der Waals surface area contributed by atoms with Crippen molar-refractivity contribution in [2.45, 2.75) is 31.7 Å². The standard InChI is InChI=1S/C16H23N3O3S.ClH/c1-23(21,22)19-10-7-12(8-11-19)18-16(20)14-4-2-6-15-13(14)5-3-9-17-15;/h2,4,6,12,17H,3,5,7-11H2,1H3,(H,18,20);1H. The summed E-state index contributed by atoms with van der Waals surface area (Å²) in [5.41, 5.74) is 2.88. The molecular weight excluding hydrogens is 350 g/mol. The Kier molecular flexibility index (Phi) is 6.11. The lowest BCUT2D eigenvalue weighted by molar-refractivity contribution is 0.0923. The van der Waals surface area contributed by atoms with Crippen LogP contribution in [0.4, 0.5) is 5.69 Å². The maximum absolute atomic E-state index is 12.6. The monoisotopic (exact) mass is 373 g/mol. The van der Waals surface area contributed by atoms with Crippen LogP contribution < -0.4 is 10.6 Å². The molecule has 3 rings (SSSR count). The summed E-state index contributed by atoms with van der Waals surface area (Å²) >= 11 is 0. The summed E-state index contributed by atoms with van der Waals surface area (Å²) in [6.45, 7) is 1.89. The van der Waals surface area contributed by atoms with Crippen LogP contribution in [0.3, 0.4) is 0 Å². The summed E-state index contributed by atoms with van der Waals surface area (Å²) < 4.78 is 24.5. The van der Waals surface area contributed by atoms with Crippen LogP contribution in [0.5, 0.6) is 0 Å². The van der Waals surface area contributed by atoms with Gasteiger partial charge in [-0.05, 0) is 43.4 Å². The summed E-state index contributed by atoms with van der Waals surface area (Å²) in [6, 6.07) is 5.81. The van der Waals surface area contributed by atoms with Gasteiger partial charge in [0, 0.05) is 36.9 Å². The van der Waals surface area contributed by atoms with Crippen molar-refractivity contribution in [3.05, 3.63) is 29.3 Å². The number of benzene rings is 1. The topological polar surface area (TPSA) is 78.5 Å². The van der Waals surface area contributed by atoms with Gasteiger partial charge in [-0.2, -0.15) is 0 Å². The third-order valence-electron chi connectivity index (χ3n) is 4.60. The van der Waals surface area contributed by atoms with E-state index in [4.69, 9.17) is 0 Å². The zero-order valence-electron chi connectivity index (χ0n) is 13.7. The van der Waals surface area contributed by atoms with E-state index in [0.29, 0.717) is 25.9 Å². The highest BCUT2D eigenvalue weighted by atomic mass is 35.5. The number of amides is 1. The summed E-state index contributed by atoms with van der Waals surface area (Å²) in [4.78, 5) is 12.6. The van der Waals surface area contributed by atoms with Gasteiger partial charge >= 0.3 is 0 Å². The number of anilines is 1. The van der Waals surface area contributed by atoms with Crippen LogP contribution in [-0.4, -0.2) is 50.6 Å². The zero-order chi connectivity index (χ0) is 16.4. The van der Waals surface area contributed by atoms with Crippen molar-refractivity contribution >= 4 is 34.0 Å². The van der Waals surface area contributed by atoms with E-state index in [2.05, 4.69) is 10.6 Å². The Bertz CT molecular complexity index is 701. The number of piperidine rings is 1. The fraction of sp³-hybridized carbons (Fsp3) is 0.562. The normalized spacial score (nSPS) is 18.9. The van der Waals surface area contributed by atoms with Gasteiger partial charge in [0.2, 0.25) is 10.0 Å². The Balaban J connectivity index is 0.00000208. The maximum atomic E-state index is 12.6. The fourth-order valence-corrected chi connectivity index (χ4v) is 4.19. The van der Waals surface area contributed by atoms with Gasteiger partial charge in [0.25, 0.3) is 5.91 Å². The lowest BCUT2D eigenvalue weighted by Gasteiger charge is -2.31. The molecule has 6 nitrogen and oxygen atoms in total. The molecule has 0 aliphatic carbocycles. The second kappa shape index (κ2) is 7.72. The molecular formula is C16H24ClN3O3S. The SMILES string of the molecule is CS(=O)(=O)N1CCC(NC(=O)c2cccc3c2CCCN3)CC1.Cl. The van der Waals surface area contributed by atoms with Crippen molar-refractivity contribution < 1.29 is 13.2 Å². The van der Waals surface area contributed by atoms with Crippen LogP contribution in [-0.2, 0) is 16.4 Å². The van der Waals surface area contributed by atoms with E-state index in [9.17, 15) is 13.2 Å². The van der Waals surface area contributed by atoms with E-state index in [1.54, 1.807) is 0 Å². The van der Waals surface area contributed by atoms with Gasteiger partial charge in [0.05, 0.1) is 6.26 Å². The molecule has 0 spiro atoms. The van der Waals surface area contributed by atoms with E-state index >= 15 is 0 Å². The Morgan fingerprint density at radius 2 is 2.00 bits per heavy atom. The van der Waals surface area contributed by atoms with E-state index in [-0.39, 0.29) is 24.4 Å².